The predicted octanol–water partition coefficient (Wildman–Crippen LogP) is 2.63. The molecule has 0 aliphatic carbocycles. The van der Waals surface area contributed by atoms with Gasteiger partial charge in [0, 0.05) is 14.1 Å². The molecule has 20 heavy (non-hydrogen) atoms. The number of nitrogens with zero attached hydrogens (tertiary/aromatic N) is 2. The first-order chi connectivity index (χ1) is 9.49. The standard InChI is InChI=1S/C15H16N2O2S/c1-17(2)12-16-20(18,19)15-10-8-14(9-11-15)13-6-4-3-5-7-13/h3-12H,1-2H3/b16-12+. The predicted molar refractivity (Wildman–Crippen MR) is 81.2 cm³/mol. The van der Waals surface area contributed by atoms with Gasteiger partial charge in [0.15, 0.2) is 0 Å². The zero-order valence-corrected chi connectivity index (χ0v) is 12.2. The van der Waals surface area contributed by atoms with Crippen LogP contribution in [0.2, 0.25) is 0 Å². The monoisotopic (exact) mass is 288 g/mol. The summed E-state index contributed by atoms with van der Waals surface area (Å²) < 4.78 is 27.5. The van der Waals surface area contributed by atoms with Gasteiger partial charge in [-0.2, -0.15) is 8.42 Å². The molecule has 104 valence electrons. The molecule has 2 rings (SSSR count). The third kappa shape index (κ3) is 3.45. The van der Waals surface area contributed by atoms with Crippen molar-refractivity contribution in [1.29, 1.82) is 0 Å². The van der Waals surface area contributed by atoms with Crippen molar-refractivity contribution >= 4 is 16.4 Å². The van der Waals surface area contributed by atoms with Gasteiger partial charge in [0.1, 0.15) is 6.34 Å². The first-order valence-corrected chi connectivity index (χ1v) is 7.55. The third-order valence-corrected chi connectivity index (χ3v) is 3.92. The Hall–Kier alpha value is -2.14. The van der Waals surface area contributed by atoms with Gasteiger partial charge in [-0.1, -0.05) is 42.5 Å². The second kappa shape index (κ2) is 5.88. The van der Waals surface area contributed by atoms with Gasteiger partial charge >= 0.3 is 0 Å². The van der Waals surface area contributed by atoms with Crippen molar-refractivity contribution in [2.75, 3.05) is 14.1 Å². The van der Waals surface area contributed by atoms with Crippen LogP contribution in [0.4, 0.5) is 0 Å². The topological polar surface area (TPSA) is 49.7 Å². The lowest BCUT2D eigenvalue weighted by Crippen LogP contribution is -2.10. The Morgan fingerprint density at radius 1 is 0.900 bits per heavy atom. The lowest BCUT2D eigenvalue weighted by molar-refractivity contribution is 0.595. The maximum Gasteiger partial charge on any atom is 0.283 e. The first kappa shape index (κ1) is 14.3. The molecule has 0 fully saturated rings. The summed E-state index contributed by atoms with van der Waals surface area (Å²) in [5, 5.41) is 0. The van der Waals surface area contributed by atoms with Gasteiger partial charge < -0.3 is 4.90 Å². The van der Waals surface area contributed by atoms with Crippen molar-refractivity contribution < 1.29 is 8.42 Å². The highest BCUT2D eigenvalue weighted by Gasteiger charge is 2.11. The van der Waals surface area contributed by atoms with E-state index in [-0.39, 0.29) is 4.90 Å². The molecular formula is C15H16N2O2S. The zero-order chi connectivity index (χ0) is 14.6. The minimum Gasteiger partial charge on any atom is -0.368 e. The smallest absolute Gasteiger partial charge is 0.283 e. The molecule has 0 N–H and O–H groups in total. The molecule has 0 aromatic heterocycles. The van der Waals surface area contributed by atoms with Crippen LogP contribution in [0.1, 0.15) is 0 Å². The summed E-state index contributed by atoms with van der Waals surface area (Å²) in [6.07, 6.45) is 1.28. The molecule has 0 bridgehead atoms. The van der Waals surface area contributed by atoms with E-state index in [1.807, 2.05) is 30.3 Å². The fourth-order valence-corrected chi connectivity index (χ4v) is 2.58. The molecule has 4 nitrogen and oxygen atoms in total. The number of benzene rings is 2. The Kier molecular flexibility index (Phi) is 4.20. The molecule has 0 aliphatic rings. The van der Waals surface area contributed by atoms with Gasteiger partial charge in [0.2, 0.25) is 0 Å². The molecule has 2 aromatic carbocycles. The van der Waals surface area contributed by atoms with Crippen molar-refractivity contribution in [3.8, 4) is 11.1 Å². The molecule has 0 saturated carbocycles. The third-order valence-electron chi connectivity index (χ3n) is 2.68. The van der Waals surface area contributed by atoms with Crippen LogP contribution in [-0.2, 0) is 10.0 Å². The SMILES string of the molecule is CN(C)/C=N/S(=O)(=O)c1ccc(-c2ccccc2)cc1. The summed E-state index contributed by atoms with van der Waals surface area (Å²) in [5.41, 5.74) is 2.02. The molecular weight excluding hydrogens is 272 g/mol. The second-order valence-electron chi connectivity index (χ2n) is 4.55. The molecule has 5 heteroatoms. The normalized spacial score (nSPS) is 11.7. The van der Waals surface area contributed by atoms with Crippen LogP contribution in [0.25, 0.3) is 11.1 Å². The molecule has 0 radical (unpaired) electrons. The van der Waals surface area contributed by atoms with Gasteiger partial charge in [0.05, 0.1) is 4.90 Å². The molecule has 0 aliphatic heterocycles. The number of rotatable bonds is 4. The van der Waals surface area contributed by atoms with Gasteiger partial charge in [-0.3, -0.25) is 0 Å². The Labute approximate surface area is 119 Å². The molecule has 0 spiro atoms. The summed E-state index contributed by atoms with van der Waals surface area (Å²) >= 11 is 0. The van der Waals surface area contributed by atoms with E-state index in [0.717, 1.165) is 11.1 Å². The van der Waals surface area contributed by atoms with Gasteiger partial charge in [-0.25, -0.2) is 0 Å². The van der Waals surface area contributed by atoms with E-state index >= 15 is 0 Å². The van der Waals surface area contributed by atoms with Crippen molar-refractivity contribution in [1.82, 2.24) is 4.90 Å². The first-order valence-electron chi connectivity index (χ1n) is 6.11. The Bertz CT molecular complexity index is 690. The summed E-state index contributed by atoms with van der Waals surface area (Å²) in [5.74, 6) is 0. The summed E-state index contributed by atoms with van der Waals surface area (Å²) in [4.78, 5) is 1.77. The fraction of sp³-hybridized carbons (Fsp3) is 0.133. The zero-order valence-electron chi connectivity index (χ0n) is 11.4. The Morgan fingerprint density at radius 2 is 1.45 bits per heavy atom. The number of sulfonamides is 1. The molecule has 2 aromatic rings. The van der Waals surface area contributed by atoms with Gasteiger partial charge in [-0.05, 0) is 23.3 Å². The van der Waals surface area contributed by atoms with Crippen LogP contribution in [0.5, 0.6) is 0 Å². The Morgan fingerprint density at radius 3 is 2.00 bits per heavy atom. The quantitative estimate of drug-likeness (QED) is 0.642. The molecule has 0 atom stereocenters. The van der Waals surface area contributed by atoms with Crippen LogP contribution < -0.4 is 0 Å². The van der Waals surface area contributed by atoms with E-state index in [9.17, 15) is 8.42 Å². The fourth-order valence-electron chi connectivity index (χ4n) is 1.67. The van der Waals surface area contributed by atoms with Crippen LogP contribution in [0, 0.1) is 0 Å². The van der Waals surface area contributed by atoms with Crippen molar-refractivity contribution in [3.05, 3.63) is 54.6 Å². The van der Waals surface area contributed by atoms with Crippen molar-refractivity contribution in [3.63, 3.8) is 0 Å². The average molecular weight is 288 g/mol. The Balaban J connectivity index is 2.29. The maximum absolute atomic E-state index is 12.0. The van der Waals surface area contributed by atoms with Crippen molar-refractivity contribution in [2.45, 2.75) is 4.90 Å². The van der Waals surface area contributed by atoms with E-state index < -0.39 is 10.0 Å². The molecule has 0 amide bonds. The highest BCUT2D eigenvalue weighted by Crippen LogP contribution is 2.21. The largest absolute Gasteiger partial charge is 0.368 e. The van der Waals surface area contributed by atoms with Crippen LogP contribution >= 0.6 is 0 Å². The number of hydrogen-bond donors (Lipinski definition) is 0. The van der Waals surface area contributed by atoms with Crippen molar-refractivity contribution in [2.24, 2.45) is 4.40 Å². The number of hydrogen-bond acceptors (Lipinski definition) is 2. The van der Waals surface area contributed by atoms with E-state index in [1.165, 1.54) is 6.34 Å². The summed E-state index contributed by atoms with van der Waals surface area (Å²) in [6.45, 7) is 0. The lowest BCUT2D eigenvalue weighted by Gasteiger charge is -2.05. The van der Waals surface area contributed by atoms with Crippen LogP contribution in [0.15, 0.2) is 63.9 Å². The van der Waals surface area contributed by atoms with E-state index in [4.69, 9.17) is 0 Å². The highest BCUT2D eigenvalue weighted by atomic mass is 32.2. The maximum atomic E-state index is 12.0. The van der Waals surface area contributed by atoms with E-state index in [1.54, 1.807) is 43.3 Å². The lowest BCUT2D eigenvalue weighted by atomic mass is 10.1. The van der Waals surface area contributed by atoms with Crippen LogP contribution in [0.3, 0.4) is 0 Å². The van der Waals surface area contributed by atoms with E-state index in [0.29, 0.717) is 0 Å². The highest BCUT2D eigenvalue weighted by molar-refractivity contribution is 7.90. The summed E-state index contributed by atoms with van der Waals surface area (Å²) in [6, 6.07) is 16.5. The molecule has 0 unspecified atom stereocenters. The van der Waals surface area contributed by atoms with Gasteiger partial charge in [-0.15, -0.1) is 4.40 Å². The molecule has 0 heterocycles. The second-order valence-corrected chi connectivity index (χ2v) is 6.18. The molecule has 0 saturated heterocycles. The summed E-state index contributed by atoms with van der Waals surface area (Å²) in [7, 11) is -0.187. The van der Waals surface area contributed by atoms with Crippen LogP contribution in [-0.4, -0.2) is 33.8 Å². The van der Waals surface area contributed by atoms with Gasteiger partial charge in [0.25, 0.3) is 10.0 Å². The minimum absolute atomic E-state index is 0.190. The minimum atomic E-state index is -3.63. The van der Waals surface area contributed by atoms with E-state index in [2.05, 4.69) is 4.40 Å². The average Bonchev–Trinajstić information content (AvgIpc) is 2.46.